The molecule has 1 amide bonds. The van der Waals surface area contributed by atoms with Crippen LogP contribution < -0.4 is 4.90 Å². The van der Waals surface area contributed by atoms with Gasteiger partial charge in [0, 0.05) is 19.1 Å². The Morgan fingerprint density at radius 1 is 1.04 bits per heavy atom. The Kier molecular flexibility index (Phi) is 6.93. The number of carbonyl (C=O) groups is 2. The second-order valence-corrected chi connectivity index (χ2v) is 8.87. The van der Waals surface area contributed by atoms with E-state index in [2.05, 4.69) is 6.92 Å². The van der Waals surface area contributed by atoms with Crippen LogP contribution in [0.3, 0.4) is 0 Å². The van der Waals surface area contributed by atoms with Gasteiger partial charge in [-0.3, -0.25) is 4.79 Å². The highest BCUT2D eigenvalue weighted by atomic mass is 32.1. The van der Waals surface area contributed by atoms with Crippen LogP contribution in [0.1, 0.15) is 68.0 Å². The van der Waals surface area contributed by atoms with Crippen molar-refractivity contribution in [1.29, 1.82) is 0 Å². The summed E-state index contributed by atoms with van der Waals surface area (Å²) in [6.07, 6.45) is 8.09. The number of anilines is 1. The first-order valence-corrected chi connectivity index (χ1v) is 10.9. The molecule has 6 heteroatoms. The van der Waals surface area contributed by atoms with Crippen LogP contribution in [-0.2, 0) is 14.3 Å². The smallest absolute Gasteiger partial charge is 0.350 e. The molecular weight excluding hydrogens is 362 g/mol. The van der Waals surface area contributed by atoms with E-state index in [1.807, 2.05) is 16.3 Å². The molecule has 2 saturated carbocycles. The van der Waals surface area contributed by atoms with E-state index in [9.17, 15) is 9.59 Å². The number of ether oxygens (including phenoxy) is 2. The van der Waals surface area contributed by atoms with E-state index in [1.54, 1.807) is 7.11 Å². The first kappa shape index (κ1) is 20.3. The predicted octanol–water partition coefficient (Wildman–Crippen LogP) is 4.65. The summed E-state index contributed by atoms with van der Waals surface area (Å²) in [5.41, 5.74) is 0.733. The second-order valence-electron chi connectivity index (χ2n) is 7.96. The van der Waals surface area contributed by atoms with Gasteiger partial charge in [-0.1, -0.05) is 6.92 Å². The van der Waals surface area contributed by atoms with Crippen molar-refractivity contribution < 1.29 is 19.1 Å². The molecule has 2 fully saturated rings. The lowest BCUT2D eigenvalue weighted by molar-refractivity contribution is -0.124. The number of rotatable bonds is 5. The molecule has 0 radical (unpaired) electrons. The van der Waals surface area contributed by atoms with Crippen LogP contribution in [0, 0.1) is 11.8 Å². The molecule has 1 heterocycles. The minimum Gasteiger partial charge on any atom is -0.465 e. The topological polar surface area (TPSA) is 55.8 Å². The SMILES string of the molecule is COC(=O)c1sccc1N(C(=O)C1CCC(C)CC1)C1CCC(OC)CC1. The van der Waals surface area contributed by atoms with E-state index < -0.39 is 0 Å². The molecule has 0 saturated heterocycles. The summed E-state index contributed by atoms with van der Waals surface area (Å²) in [4.78, 5) is 28.3. The fourth-order valence-corrected chi connectivity index (χ4v) is 5.28. The highest BCUT2D eigenvalue weighted by molar-refractivity contribution is 7.12. The Labute approximate surface area is 166 Å². The van der Waals surface area contributed by atoms with Crippen LogP contribution in [-0.4, -0.2) is 38.2 Å². The lowest BCUT2D eigenvalue weighted by atomic mass is 9.81. The molecule has 150 valence electrons. The van der Waals surface area contributed by atoms with Gasteiger partial charge in [0.25, 0.3) is 0 Å². The zero-order chi connectivity index (χ0) is 19.4. The maximum Gasteiger partial charge on any atom is 0.350 e. The van der Waals surface area contributed by atoms with Crippen molar-refractivity contribution in [2.24, 2.45) is 11.8 Å². The zero-order valence-electron chi connectivity index (χ0n) is 16.6. The number of thiophene rings is 1. The Morgan fingerprint density at radius 2 is 1.70 bits per heavy atom. The third-order valence-electron chi connectivity index (χ3n) is 6.22. The third-order valence-corrected chi connectivity index (χ3v) is 7.10. The summed E-state index contributed by atoms with van der Waals surface area (Å²) in [6, 6.07) is 2.03. The molecular formula is C21H31NO4S. The highest BCUT2D eigenvalue weighted by Crippen LogP contribution is 2.37. The standard InChI is InChI=1S/C21H31NO4S/c1-14-4-6-15(7-5-14)20(23)22(16-8-10-17(25-2)11-9-16)18-12-13-27-19(18)21(24)26-3/h12-17H,4-11H2,1-3H3. The Balaban J connectivity index is 1.86. The van der Waals surface area contributed by atoms with Gasteiger partial charge in [0.15, 0.2) is 0 Å². The van der Waals surface area contributed by atoms with Gasteiger partial charge in [-0.25, -0.2) is 4.79 Å². The quantitative estimate of drug-likeness (QED) is 0.683. The van der Waals surface area contributed by atoms with E-state index in [0.717, 1.165) is 57.1 Å². The molecule has 0 spiro atoms. The normalized spacial score (nSPS) is 28.6. The largest absolute Gasteiger partial charge is 0.465 e. The number of nitrogens with zero attached hydrogens (tertiary/aromatic N) is 1. The van der Waals surface area contributed by atoms with Crippen molar-refractivity contribution in [3.63, 3.8) is 0 Å². The molecule has 5 nitrogen and oxygen atoms in total. The summed E-state index contributed by atoms with van der Waals surface area (Å²) in [5.74, 6) is 0.588. The van der Waals surface area contributed by atoms with Crippen molar-refractivity contribution in [3.8, 4) is 0 Å². The van der Waals surface area contributed by atoms with Crippen molar-refractivity contribution in [3.05, 3.63) is 16.3 Å². The molecule has 0 unspecified atom stereocenters. The highest BCUT2D eigenvalue weighted by Gasteiger charge is 2.37. The van der Waals surface area contributed by atoms with Gasteiger partial charge in [0.2, 0.25) is 5.91 Å². The second kappa shape index (κ2) is 9.20. The number of esters is 1. The van der Waals surface area contributed by atoms with Gasteiger partial charge in [-0.15, -0.1) is 11.3 Å². The van der Waals surface area contributed by atoms with E-state index >= 15 is 0 Å². The number of carbonyl (C=O) groups excluding carboxylic acids is 2. The average molecular weight is 394 g/mol. The van der Waals surface area contributed by atoms with Gasteiger partial charge in [0.1, 0.15) is 4.88 Å². The minimum absolute atomic E-state index is 0.0618. The monoisotopic (exact) mass is 393 g/mol. The molecule has 0 N–H and O–H groups in total. The predicted molar refractivity (Wildman–Crippen MR) is 107 cm³/mol. The molecule has 0 atom stereocenters. The summed E-state index contributed by atoms with van der Waals surface area (Å²) in [6.45, 7) is 2.26. The van der Waals surface area contributed by atoms with Gasteiger partial charge >= 0.3 is 5.97 Å². The maximum atomic E-state index is 13.6. The number of amides is 1. The van der Waals surface area contributed by atoms with Crippen LogP contribution in [0.25, 0.3) is 0 Å². The molecule has 1 aromatic rings. The summed E-state index contributed by atoms with van der Waals surface area (Å²) < 4.78 is 10.5. The molecule has 2 aliphatic rings. The van der Waals surface area contributed by atoms with E-state index in [0.29, 0.717) is 10.8 Å². The molecule has 0 aliphatic heterocycles. The fourth-order valence-electron chi connectivity index (χ4n) is 4.48. The molecule has 3 rings (SSSR count). The molecule has 0 bridgehead atoms. The van der Waals surface area contributed by atoms with Gasteiger partial charge < -0.3 is 14.4 Å². The molecule has 2 aliphatic carbocycles. The van der Waals surface area contributed by atoms with E-state index in [-0.39, 0.29) is 29.9 Å². The Bertz CT molecular complexity index is 642. The number of hydrogen-bond donors (Lipinski definition) is 0. The van der Waals surface area contributed by atoms with Crippen LogP contribution in [0.5, 0.6) is 0 Å². The Hall–Kier alpha value is -1.40. The maximum absolute atomic E-state index is 13.6. The Morgan fingerprint density at radius 3 is 2.30 bits per heavy atom. The number of hydrogen-bond acceptors (Lipinski definition) is 5. The van der Waals surface area contributed by atoms with E-state index in [4.69, 9.17) is 9.47 Å². The van der Waals surface area contributed by atoms with Gasteiger partial charge in [-0.2, -0.15) is 0 Å². The van der Waals surface area contributed by atoms with Crippen LogP contribution in [0.15, 0.2) is 11.4 Å². The molecule has 1 aromatic heterocycles. The van der Waals surface area contributed by atoms with Crippen molar-refractivity contribution in [2.75, 3.05) is 19.1 Å². The third kappa shape index (κ3) is 4.54. The minimum atomic E-state index is -0.361. The van der Waals surface area contributed by atoms with Crippen LogP contribution in [0.4, 0.5) is 5.69 Å². The van der Waals surface area contributed by atoms with Gasteiger partial charge in [-0.05, 0) is 68.7 Å². The van der Waals surface area contributed by atoms with Gasteiger partial charge in [0.05, 0.1) is 18.9 Å². The van der Waals surface area contributed by atoms with Crippen molar-refractivity contribution in [2.45, 2.75) is 70.4 Å². The average Bonchev–Trinajstić information content (AvgIpc) is 3.18. The number of methoxy groups -OCH3 is 2. The van der Waals surface area contributed by atoms with Crippen LogP contribution >= 0.6 is 11.3 Å². The van der Waals surface area contributed by atoms with E-state index in [1.165, 1.54) is 18.4 Å². The zero-order valence-corrected chi connectivity index (χ0v) is 17.4. The summed E-state index contributed by atoms with van der Waals surface area (Å²) >= 11 is 1.35. The fraction of sp³-hybridized carbons (Fsp3) is 0.714. The molecule has 27 heavy (non-hydrogen) atoms. The lowest BCUT2D eigenvalue weighted by Crippen LogP contribution is -2.47. The van der Waals surface area contributed by atoms with Crippen LogP contribution in [0.2, 0.25) is 0 Å². The summed E-state index contributed by atoms with van der Waals surface area (Å²) in [7, 11) is 3.15. The summed E-state index contributed by atoms with van der Waals surface area (Å²) in [5, 5.41) is 1.88. The van der Waals surface area contributed by atoms with Crippen molar-refractivity contribution in [1.82, 2.24) is 0 Å². The van der Waals surface area contributed by atoms with Crippen molar-refractivity contribution >= 4 is 28.9 Å². The molecule has 0 aromatic carbocycles. The lowest BCUT2D eigenvalue weighted by Gasteiger charge is -2.39. The first-order valence-electron chi connectivity index (χ1n) is 10.1. The first-order chi connectivity index (χ1) is 13.0.